The van der Waals surface area contributed by atoms with Crippen LogP contribution in [0.4, 0.5) is 39.5 Å². The predicted molar refractivity (Wildman–Crippen MR) is 162 cm³/mol. The van der Waals surface area contributed by atoms with Crippen LogP contribution in [0.25, 0.3) is 33.4 Å². The molecule has 47 heavy (non-hydrogen) atoms. The van der Waals surface area contributed by atoms with Gasteiger partial charge in [-0.25, -0.2) is 17.6 Å². The fraction of sp³-hybridized carbons (Fsp3) is 0.189. The summed E-state index contributed by atoms with van der Waals surface area (Å²) in [5.74, 6) is -6.88. The molecule has 1 nitrogen and oxygen atoms in total. The highest BCUT2D eigenvalue weighted by Crippen LogP contribution is 2.39. The number of unbranched alkanes of at least 4 members (excludes halogenated alkanes) is 2. The van der Waals surface area contributed by atoms with Crippen molar-refractivity contribution in [1.29, 1.82) is 0 Å². The van der Waals surface area contributed by atoms with Gasteiger partial charge < -0.3 is 4.74 Å². The van der Waals surface area contributed by atoms with Crippen LogP contribution in [0.1, 0.15) is 42.9 Å². The van der Waals surface area contributed by atoms with Gasteiger partial charge in [0.1, 0.15) is 34.6 Å². The van der Waals surface area contributed by atoms with Crippen LogP contribution in [-0.2, 0) is 18.7 Å². The van der Waals surface area contributed by atoms with Crippen LogP contribution >= 0.6 is 0 Å². The first-order valence-corrected chi connectivity index (χ1v) is 14.7. The van der Waals surface area contributed by atoms with Crippen LogP contribution in [0, 0.1) is 23.3 Å². The van der Waals surface area contributed by atoms with Crippen LogP contribution < -0.4 is 4.74 Å². The standard InChI is InChI=1S/C37H27F9O/c1-2-3-4-5-22-6-8-23(9-7-22)26-14-16-29(31(38)18-26)25-12-10-24(11-13-25)27-19-33(40)35(34(41)20-27)37(45,46)47-28-15-17-30(32(39)21-28)36(42,43)44/h6-21H,2-5H2,1H3. The Kier molecular flexibility index (Phi) is 9.70. The maximum absolute atomic E-state index is 15.2. The minimum atomic E-state index is -5.09. The van der Waals surface area contributed by atoms with Gasteiger partial charge in [-0.05, 0) is 76.6 Å². The van der Waals surface area contributed by atoms with Gasteiger partial charge in [0.15, 0.2) is 0 Å². The smallest absolute Gasteiger partial charge is 0.429 e. The van der Waals surface area contributed by atoms with Gasteiger partial charge in [0.05, 0.1) is 5.56 Å². The summed E-state index contributed by atoms with van der Waals surface area (Å²) in [6, 6.07) is 20.6. The minimum absolute atomic E-state index is 0.0470. The average molecular weight is 659 g/mol. The third-order valence-corrected chi connectivity index (χ3v) is 7.68. The van der Waals surface area contributed by atoms with Gasteiger partial charge in [-0.15, -0.1) is 0 Å². The quantitative estimate of drug-likeness (QED) is 0.107. The number of benzene rings is 5. The summed E-state index contributed by atoms with van der Waals surface area (Å²) in [5.41, 5.74) is 0.0737. The first-order valence-electron chi connectivity index (χ1n) is 14.7. The molecule has 5 rings (SSSR count). The Labute approximate surface area is 265 Å². The highest BCUT2D eigenvalue weighted by Gasteiger charge is 2.42. The molecule has 0 heterocycles. The van der Waals surface area contributed by atoms with Crippen LogP contribution in [0.2, 0.25) is 0 Å². The molecule has 0 spiro atoms. The number of rotatable bonds is 10. The summed E-state index contributed by atoms with van der Waals surface area (Å²) in [6.45, 7) is 2.15. The SMILES string of the molecule is CCCCCc1ccc(-c2ccc(-c3ccc(-c4cc(F)c(C(F)(F)Oc5ccc(C(F)(F)F)c(F)c5)c(F)c4)cc3)c(F)c2)cc1. The van der Waals surface area contributed by atoms with Gasteiger partial charge in [0, 0.05) is 11.6 Å². The molecule has 0 saturated heterocycles. The van der Waals surface area contributed by atoms with Gasteiger partial charge in [-0.2, -0.15) is 22.0 Å². The third-order valence-electron chi connectivity index (χ3n) is 7.68. The molecule has 0 radical (unpaired) electrons. The highest BCUT2D eigenvalue weighted by molar-refractivity contribution is 5.74. The van der Waals surface area contributed by atoms with Crippen molar-refractivity contribution in [2.45, 2.75) is 44.9 Å². The van der Waals surface area contributed by atoms with Gasteiger partial charge in [-0.1, -0.05) is 80.4 Å². The Morgan fingerprint density at radius 2 is 1.09 bits per heavy atom. The van der Waals surface area contributed by atoms with Crippen molar-refractivity contribution >= 4 is 0 Å². The van der Waals surface area contributed by atoms with E-state index in [1.165, 1.54) is 35.9 Å². The third kappa shape index (κ3) is 7.64. The average Bonchev–Trinajstić information content (AvgIpc) is 3.00. The fourth-order valence-electron chi connectivity index (χ4n) is 5.22. The minimum Gasteiger partial charge on any atom is -0.429 e. The van der Waals surface area contributed by atoms with Crippen molar-refractivity contribution < 1.29 is 44.3 Å². The van der Waals surface area contributed by atoms with Gasteiger partial charge >= 0.3 is 12.3 Å². The molecule has 0 bridgehead atoms. The maximum Gasteiger partial charge on any atom is 0.432 e. The lowest BCUT2D eigenvalue weighted by Gasteiger charge is -2.20. The van der Waals surface area contributed by atoms with E-state index in [-0.39, 0.29) is 28.8 Å². The summed E-state index contributed by atoms with van der Waals surface area (Å²) < 4.78 is 131. The maximum atomic E-state index is 15.2. The van der Waals surface area contributed by atoms with E-state index in [1.807, 2.05) is 24.3 Å². The molecule has 0 amide bonds. The van der Waals surface area contributed by atoms with Crippen LogP contribution in [0.5, 0.6) is 5.75 Å². The van der Waals surface area contributed by atoms with E-state index >= 15 is 4.39 Å². The second-order valence-electron chi connectivity index (χ2n) is 11.0. The molecule has 0 N–H and O–H groups in total. The number of halogens is 9. The highest BCUT2D eigenvalue weighted by atomic mass is 19.4. The Morgan fingerprint density at radius 1 is 0.532 bits per heavy atom. The molecular weight excluding hydrogens is 631 g/mol. The summed E-state index contributed by atoms with van der Waals surface area (Å²) in [4.78, 5) is 0. The van der Waals surface area contributed by atoms with Crippen molar-refractivity contribution in [2.24, 2.45) is 0 Å². The zero-order valence-electron chi connectivity index (χ0n) is 24.9. The largest absolute Gasteiger partial charge is 0.432 e. The van der Waals surface area contributed by atoms with Crippen molar-refractivity contribution in [3.63, 3.8) is 0 Å². The Morgan fingerprint density at radius 3 is 1.66 bits per heavy atom. The molecule has 0 aliphatic heterocycles. The first-order chi connectivity index (χ1) is 22.3. The molecule has 0 aliphatic rings. The number of aryl methyl sites for hydroxylation is 1. The molecule has 0 aromatic heterocycles. The van der Waals surface area contributed by atoms with E-state index in [0.717, 1.165) is 31.2 Å². The van der Waals surface area contributed by atoms with Gasteiger partial charge in [-0.3, -0.25) is 0 Å². The van der Waals surface area contributed by atoms with E-state index < -0.39 is 52.4 Å². The molecule has 0 unspecified atom stereocenters. The van der Waals surface area contributed by atoms with E-state index in [0.29, 0.717) is 29.3 Å². The van der Waals surface area contributed by atoms with Crippen molar-refractivity contribution in [3.8, 4) is 39.1 Å². The van der Waals surface area contributed by atoms with Crippen molar-refractivity contribution in [3.05, 3.63) is 137 Å². The lowest BCUT2D eigenvalue weighted by Crippen LogP contribution is -2.25. The molecule has 0 atom stereocenters. The number of hydrogen-bond acceptors (Lipinski definition) is 1. The normalized spacial score (nSPS) is 12.0. The van der Waals surface area contributed by atoms with E-state index in [4.69, 9.17) is 0 Å². The summed E-state index contributed by atoms with van der Waals surface area (Å²) in [6.07, 6.45) is -5.41. The Hall–Kier alpha value is -4.73. The number of hydrogen-bond donors (Lipinski definition) is 0. The lowest BCUT2D eigenvalue weighted by atomic mass is 9.96. The summed E-state index contributed by atoms with van der Waals surface area (Å²) >= 11 is 0. The first kappa shape index (κ1) is 33.6. The molecule has 0 saturated carbocycles. The predicted octanol–water partition coefficient (Wildman–Crippen LogP) is 12.1. The molecule has 5 aromatic rings. The van der Waals surface area contributed by atoms with Crippen molar-refractivity contribution in [1.82, 2.24) is 0 Å². The monoisotopic (exact) mass is 658 g/mol. The molecule has 5 aromatic carbocycles. The lowest BCUT2D eigenvalue weighted by molar-refractivity contribution is -0.189. The zero-order chi connectivity index (χ0) is 33.9. The zero-order valence-corrected chi connectivity index (χ0v) is 24.9. The van der Waals surface area contributed by atoms with Crippen LogP contribution in [-0.4, -0.2) is 0 Å². The number of ether oxygens (including phenoxy) is 1. The molecular formula is C37H27F9O. The van der Waals surface area contributed by atoms with Crippen molar-refractivity contribution in [2.75, 3.05) is 0 Å². The number of alkyl halides is 5. The fourth-order valence-corrected chi connectivity index (χ4v) is 5.22. The molecule has 0 fully saturated rings. The Bertz CT molecular complexity index is 1840. The van der Waals surface area contributed by atoms with Gasteiger partial charge in [0.2, 0.25) is 0 Å². The second-order valence-corrected chi connectivity index (χ2v) is 11.0. The molecule has 244 valence electrons. The van der Waals surface area contributed by atoms with E-state index in [2.05, 4.69) is 11.7 Å². The van der Waals surface area contributed by atoms with Crippen LogP contribution in [0.3, 0.4) is 0 Å². The molecule has 0 aliphatic carbocycles. The van der Waals surface area contributed by atoms with E-state index in [9.17, 15) is 35.1 Å². The topological polar surface area (TPSA) is 9.23 Å². The summed E-state index contributed by atoms with van der Waals surface area (Å²) in [5, 5.41) is 0. The van der Waals surface area contributed by atoms with Gasteiger partial charge in [0.25, 0.3) is 0 Å². The Balaban J connectivity index is 1.32. The van der Waals surface area contributed by atoms with Crippen LogP contribution in [0.15, 0.2) is 97.1 Å². The second kappa shape index (κ2) is 13.6. The van der Waals surface area contributed by atoms with E-state index in [1.54, 1.807) is 12.1 Å². The molecule has 10 heteroatoms. The summed E-state index contributed by atoms with van der Waals surface area (Å²) in [7, 11) is 0.